The Morgan fingerprint density at radius 3 is 2.33 bits per heavy atom. The fraction of sp³-hybridized carbons (Fsp3) is 0.250. The summed E-state index contributed by atoms with van der Waals surface area (Å²) in [4.78, 5) is 18.4. The SMILES string of the molecule is COc1ccc(N(Cc2cccnc2)c2ccc(C(=O)OC(C)(C)C)cc2)cc1F. The maximum absolute atomic E-state index is 14.4. The summed E-state index contributed by atoms with van der Waals surface area (Å²) < 4.78 is 24.8. The van der Waals surface area contributed by atoms with Crippen molar-refractivity contribution in [2.45, 2.75) is 32.9 Å². The third-order valence-electron chi connectivity index (χ3n) is 4.32. The Bertz CT molecular complexity index is 999. The van der Waals surface area contributed by atoms with E-state index in [1.807, 2.05) is 49.9 Å². The summed E-state index contributed by atoms with van der Waals surface area (Å²) in [5, 5.41) is 0. The number of benzene rings is 2. The molecule has 0 aliphatic rings. The van der Waals surface area contributed by atoms with Gasteiger partial charge in [-0.2, -0.15) is 0 Å². The lowest BCUT2D eigenvalue weighted by Crippen LogP contribution is -2.24. The zero-order valence-corrected chi connectivity index (χ0v) is 17.6. The van der Waals surface area contributed by atoms with Crippen LogP contribution in [0.25, 0.3) is 0 Å². The van der Waals surface area contributed by atoms with Gasteiger partial charge >= 0.3 is 5.97 Å². The van der Waals surface area contributed by atoms with E-state index in [2.05, 4.69) is 4.98 Å². The molecule has 6 heteroatoms. The molecule has 0 fully saturated rings. The molecule has 0 unspecified atom stereocenters. The number of anilines is 2. The van der Waals surface area contributed by atoms with E-state index in [1.165, 1.54) is 13.2 Å². The maximum Gasteiger partial charge on any atom is 0.338 e. The summed E-state index contributed by atoms with van der Waals surface area (Å²) in [6.07, 6.45) is 3.47. The van der Waals surface area contributed by atoms with Crippen LogP contribution in [-0.4, -0.2) is 23.7 Å². The highest BCUT2D eigenvalue weighted by molar-refractivity contribution is 5.90. The van der Waals surface area contributed by atoms with Crippen LogP contribution in [0.1, 0.15) is 36.7 Å². The van der Waals surface area contributed by atoms with Gasteiger partial charge in [0.05, 0.1) is 12.7 Å². The van der Waals surface area contributed by atoms with Crippen LogP contribution in [0.3, 0.4) is 0 Å². The van der Waals surface area contributed by atoms with Gasteiger partial charge in [0.25, 0.3) is 0 Å². The number of carbonyl (C=O) groups is 1. The van der Waals surface area contributed by atoms with Crippen molar-refractivity contribution < 1.29 is 18.7 Å². The van der Waals surface area contributed by atoms with Crippen LogP contribution in [0.5, 0.6) is 5.75 Å². The molecular formula is C24H25FN2O3. The van der Waals surface area contributed by atoms with Gasteiger partial charge in [-0.05, 0) is 68.8 Å². The van der Waals surface area contributed by atoms with Crippen LogP contribution in [-0.2, 0) is 11.3 Å². The van der Waals surface area contributed by atoms with Gasteiger partial charge in [0, 0.05) is 36.4 Å². The van der Waals surface area contributed by atoms with Crippen LogP contribution in [0.2, 0.25) is 0 Å². The molecule has 156 valence electrons. The number of halogens is 1. The van der Waals surface area contributed by atoms with Crippen molar-refractivity contribution >= 4 is 17.3 Å². The van der Waals surface area contributed by atoms with Gasteiger partial charge < -0.3 is 14.4 Å². The smallest absolute Gasteiger partial charge is 0.338 e. The Balaban J connectivity index is 1.94. The number of pyridine rings is 1. The number of hydrogen-bond donors (Lipinski definition) is 0. The third kappa shape index (κ3) is 5.35. The molecule has 0 saturated carbocycles. The second-order valence-corrected chi connectivity index (χ2v) is 7.82. The van der Waals surface area contributed by atoms with Gasteiger partial charge in [0.2, 0.25) is 0 Å². The number of aromatic nitrogens is 1. The van der Waals surface area contributed by atoms with Crippen LogP contribution in [0.15, 0.2) is 67.0 Å². The lowest BCUT2D eigenvalue weighted by molar-refractivity contribution is 0.00695. The Labute approximate surface area is 176 Å². The quantitative estimate of drug-likeness (QED) is 0.503. The third-order valence-corrected chi connectivity index (χ3v) is 4.32. The molecule has 0 N–H and O–H groups in total. The highest BCUT2D eigenvalue weighted by Gasteiger charge is 2.19. The Morgan fingerprint density at radius 1 is 1.07 bits per heavy atom. The second-order valence-electron chi connectivity index (χ2n) is 7.82. The predicted molar refractivity (Wildman–Crippen MR) is 115 cm³/mol. The van der Waals surface area contributed by atoms with Crippen LogP contribution < -0.4 is 9.64 Å². The molecule has 0 atom stereocenters. The normalized spacial score (nSPS) is 11.1. The number of nitrogens with zero attached hydrogens (tertiary/aromatic N) is 2. The molecule has 0 amide bonds. The second kappa shape index (κ2) is 8.95. The number of carbonyl (C=O) groups excluding carboxylic acids is 1. The number of esters is 1. The van der Waals surface area contributed by atoms with Crippen molar-refractivity contribution in [2.75, 3.05) is 12.0 Å². The Morgan fingerprint density at radius 2 is 1.77 bits per heavy atom. The van der Waals surface area contributed by atoms with Crippen molar-refractivity contribution in [3.63, 3.8) is 0 Å². The molecule has 0 bridgehead atoms. The molecule has 0 aliphatic heterocycles. The number of rotatable bonds is 6. The Hall–Kier alpha value is -3.41. The van der Waals surface area contributed by atoms with E-state index >= 15 is 0 Å². The van der Waals surface area contributed by atoms with E-state index in [4.69, 9.17) is 9.47 Å². The highest BCUT2D eigenvalue weighted by atomic mass is 19.1. The first kappa shape index (κ1) is 21.3. The van der Waals surface area contributed by atoms with Crippen molar-refractivity contribution in [3.05, 3.63) is 83.9 Å². The van der Waals surface area contributed by atoms with Gasteiger partial charge in [0.1, 0.15) is 5.60 Å². The van der Waals surface area contributed by atoms with Gasteiger partial charge in [-0.15, -0.1) is 0 Å². The lowest BCUT2D eigenvalue weighted by Gasteiger charge is -2.26. The number of hydrogen-bond acceptors (Lipinski definition) is 5. The molecule has 3 aromatic rings. The van der Waals surface area contributed by atoms with Crippen LogP contribution in [0.4, 0.5) is 15.8 Å². The zero-order chi connectivity index (χ0) is 21.7. The molecular weight excluding hydrogens is 383 g/mol. The summed E-state index contributed by atoms with van der Waals surface area (Å²) >= 11 is 0. The Kier molecular flexibility index (Phi) is 6.35. The average molecular weight is 408 g/mol. The molecule has 0 saturated heterocycles. The van der Waals surface area contributed by atoms with Crippen molar-refractivity contribution in [2.24, 2.45) is 0 Å². The molecule has 0 aliphatic carbocycles. The fourth-order valence-electron chi connectivity index (χ4n) is 2.94. The minimum atomic E-state index is -0.567. The van der Waals surface area contributed by atoms with Gasteiger partial charge in [-0.25, -0.2) is 9.18 Å². The molecule has 1 heterocycles. The predicted octanol–water partition coefficient (Wildman–Crippen LogP) is 5.52. The topological polar surface area (TPSA) is 51.7 Å². The van der Waals surface area contributed by atoms with E-state index in [1.54, 1.807) is 36.7 Å². The summed E-state index contributed by atoms with van der Waals surface area (Å²) in [5.41, 5.74) is 2.31. The summed E-state index contributed by atoms with van der Waals surface area (Å²) in [6.45, 7) is 5.96. The van der Waals surface area contributed by atoms with Crippen LogP contribution >= 0.6 is 0 Å². The van der Waals surface area contributed by atoms with Crippen molar-refractivity contribution in [1.29, 1.82) is 0 Å². The number of ether oxygens (including phenoxy) is 2. The molecule has 2 aromatic carbocycles. The van der Waals surface area contributed by atoms with Gasteiger partial charge in [0.15, 0.2) is 11.6 Å². The van der Waals surface area contributed by atoms with Gasteiger partial charge in [-0.1, -0.05) is 6.07 Å². The minimum absolute atomic E-state index is 0.181. The first-order chi connectivity index (χ1) is 14.3. The fourth-order valence-corrected chi connectivity index (χ4v) is 2.94. The van der Waals surface area contributed by atoms with Gasteiger partial charge in [-0.3, -0.25) is 4.98 Å². The lowest BCUT2D eigenvalue weighted by atomic mass is 10.1. The van der Waals surface area contributed by atoms with Crippen molar-refractivity contribution in [1.82, 2.24) is 4.98 Å². The summed E-state index contributed by atoms with van der Waals surface area (Å²) in [6, 6.07) is 15.7. The van der Waals surface area contributed by atoms with E-state index in [9.17, 15) is 9.18 Å². The summed E-state index contributed by atoms with van der Waals surface area (Å²) in [5.74, 6) is -0.653. The molecule has 3 rings (SSSR count). The molecule has 0 spiro atoms. The molecule has 30 heavy (non-hydrogen) atoms. The van der Waals surface area contributed by atoms with E-state index in [0.717, 1.165) is 11.3 Å². The first-order valence-corrected chi connectivity index (χ1v) is 9.60. The highest BCUT2D eigenvalue weighted by Crippen LogP contribution is 2.31. The zero-order valence-electron chi connectivity index (χ0n) is 17.6. The van der Waals surface area contributed by atoms with E-state index < -0.39 is 11.4 Å². The van der Waals surface area contributed by atoms with E-state index in [-0.39, 0.29) is 11.7 Å². The first-order valence-electron chi connectivity index (χ1n) is 9.60. The van der Waals surface area contributed by atoms with Crippen molar-refractivity contribution in [3.8, 4) is 5.75 Å². The monoisotopic (exact) mass is 408 g/mol. The standard InChI is InChI=1S/C24H25FN2O3/c1-24(2,3)30-23(28)18-7-9-19(10-8-18)27(16-17-6-5-13-26-15-17)20-11-12-22(29-4)21(25)14-20/h5-15H,16H2,1-4H3. The summed E-state index contributed by atoms with van der Waals surface area (Å²) in [7, 11) is 1.43. The molecule has 0 radical (unpaired) electrons. The van der Waals surface area contributed by atoms with E-state index in [0.29, 0.717) is 17.8 Å². The maximum atomic E-state index is 14.4. The molecule has 5 nitrogen and oxygen atoms in total. The minimum Gasteiger partial charge on any atom is -0.494 e. The number of methoxy groups -OCH3 is 1. The van der Waals surface area contributed by atoms with Crippen LogP contribution in [0, 0.1) is 5.82 Å². The average Bonchev–Trinajstić information content (AvgIpc) is 2.71. The molecule has 1 aromatic heterocycles. The largest absolute Gasteiger partial charge is 0.494 e.